The molecule has 0 amide bonds. The molecular weight excluding hydrogens is 187 g/mol. The zero-order chi connectivity index (χ0) is 9.36. The molecule has 0 saturated heterocycles. The van der Waals surface area contributed by atoms with Crippen molar-refractivity contribution in [3.05, 3.63) is 30.3 Å². The lowest BCUT2D eigenvalue weighted by Gasteiger charge is -2.00. The van der Waals surface area contributed by atoms with E-state index in [0.717, 1.165) is 11.3 Å². The van der Waals surface area contributed by atoms with Crippen LogP contribution in [0.5, 0.6) is 0 Å². The first kappa shape index (κ1) is 10.5. The van der Waals surface area contributed by atoms with E-state index in [1.165, 1.54) is 12.0 Å². The first-order valence-corrected chi connectivity index (χ1v) is 5.08. The standard InChI is InChI=1S/C10H13FOS/c11-8-4-5-9-12-13-10-6-2-1-3-7-10/h1-3,6-7H,4-5,8-9H2. The second-order valence-electron chi connectivity index (χ2n) is 2.61. The Balaban J connectivity index is 2.07. The molecule has 0 atom stereocenters. The average molecular weight is 200 g/mol. The maximum Gasteiger partial charge on any atom is 0.0895 e. The van der Waals surface area contributed by atoms with Crippen LogP contribution in [-0.4, -0.2) is 13.3 Å². The van der Waals surface area contributed by atoms with Gasteiger partial charge >= 0.3 is 0 Å². The number of benzene rings is 1. The largest absolute Gasteiger partial charge is 0.310 e. The van der Waals surface area contributed by atoms with Crippen LogP contribution < -0.4 is 0 Å². The third-order valence-corrected chi connectivity index (χ3v) is 2.26. The zero-order valence-corrected chi connectivity index (χ0v) is 8.23. The summed E-state index contributed by atoms with van der Waals surface area (Å²) >= 11 is 1.35. The molecule has 13 heavy (non-hydrogen) atoms. The van der Waals surface area contributed by atoms with Crippen LogP contribution in [0.25, 0.3) is 0 Å². The first-order valence-electron chi connectivity index (χ1n) is 4.34. The van der Waals surface area contributed by atoms with Gasteiger partial charge < -0.3 is 4.18 Å². The van der Waals surface area contributed by atoms with Crippen molar-refractivity contribution in [3.8, 4) is 0 Å². The molecule has 0 unspecified atom stereocenters. The number of hydrogen-bond donors (Lipinski definition) is 0. The third-order valence-electron chi connectivity index (χ3n) is 1.51. The van der Waals surface area contributed by atoms with Gasteiger partial charge in [-0.2, -0.15) is 0 Å². The molecule has 0 aromatic heterocycles. The number of halogens is 1. The summed E-state index contributed by atoms with van der Waals surface area (Å²) in [6.45, 7) is 0.364. The topological polar surface area (TPSA) is 9.23 Å². The van der Waals surface area contributed by atoms with Crippen LogP contribution in [0.1, 0.15) is 12.8 Å². The summed E-state index contributed by atoms with van der Waals surface area (Å²) < 4.78 is 17.0. The van der Waals surface area contributed by atoms with E-state index in [4.69, 9.17) is 4.18 Å². The fourth-order valence-corrected chi connectivity index (χ4v) is 1.45. The van der Waals surface area contributed by atoms with E-state index in [2.05, 4.69) is 0 Å². The minimum Gasteiger partial charge on any atom is -0.310 e. The van der Waals surface area contributed by atoms with Crippen LogP contribution in [0, 0.1) is 0 Å². The molecule has 0 spiro atoms. The van der Waals surface area contributed by atoms with Gasteiger partial charge in [-0.25, -0.2) is 0 Å². The van der Waals surface area contributed by atoms with Gasteiger partial charge in [0.2, 0.25) is 0 Å². The predicted octanol–water partition coefficient (Wildman–Crippen LogP) is 3.46. The molecule has 0 saturated carbocycles. The van der Waals surface area contributed by atoms with Gasteiger partial charge in [0.1, 0.15) is 0 Å². The number of unbranched alkanes of at least 4 members (excludes halogenated alkanes) is 1. The molecule has 0 aliphatic carbocycles. The lowest BCUT2D eigenvalue weighted by atomic mass is 10.4. The molecule has 1 rings (SSSR count). The van der Waals surface area contributed by atoms with Crippen molar-refractivity contribution in [2.24, 2.45) is 0 Å². The molecule has 0 N–H and O–H groups in total. The minimum atomic E-state index is -0.251. The highest BCUT2D eigenvalue weighted by atomic mass is 32.2. The number of alkyl halides is 1. The summed E-state index contributed by atoms with van der Waals surface area (Å²) in [6, 6.07) is 9.87. The van der Waals surface area contributed by atoms with Crippen LogP contribution in [0.4, 0.5) is 4.39 Å². The quantitative estimate of drug-likeness (QED) is 0.513. The van der Waals surface area contributed by atoms with Gasteiger partial charge in [-0.3, -0.25) is 4.39 Å². The van der Waals surface area contributed by atoms with Gasteiger partial charge in [-0.15, -0.1) is 0 Å². The Labute approximate surface area is 82.5 Å². The van der Waals surface area contributed by atoms with Gasteiger partial charge in [0.25, 0.3) is 0 Å². The van der Waals surface area contributed by atoms with Crippen LogP contribution in [0.3, 0.4) is 0 Å². The van der Waals surface area contributed by atoms with Crippen molar-refractivity contribution in [2.45, 2.75) is 17.7 Å². The molecule has 0 radical (unpaired) electrons. The molecule has 0 bridgehead atoms. The molecule has 1 nitrogen and oxygen atoms in total. The van der Waals surface area contributed by atoms with Gasteiger partial charge in [-0.1, -0.05) is 18.2 Å². The van der Waals surface area contributed by atoms with E-state index in [0.29, 0.717) is 13.0 Å². The second-order valence-corrected chi connectivity index (χ2v) is 3.49. The second kappa shape index (κ2) is 6.92. The Kier molecular flexibility index (Phi) is 5.61. The Morgan fingerprint density at radius 3 is 2.62 bits per heavy atom. The summed E-state index contributed by atoms with van der Waals surface area (Å²) in [5, 5.41) is 0. The predicted molar refractivity (Wildman–Crippen MR) is 53.5 cm³/mol. The normalized spacial score (nSPS) is 10.2. The molecule has 1 aromatic rings. The van der Waals surface area contributed by atoms with Gasteiger partial charge in [0, 0.05) is 16.9 Å². The lowest BCUT2D eigenvalue weighted by molar-refractivity contribution is 0.342. The Hall–Kier alpha value is -0.540. The minimum absolute atomic E-state index is 0.251. The van der Waals surface area contributed by atoms with Crippen LogP contribution in [-0.2, 0) is 4.18 Å². The smallest absolute Gasteiger partial charge is 0.0895 e. The molecule has 0 fully saturated rings. The number of hydrogen-bond acceptors (Lipinski definition) is 2. The average Bonchev–Trinajstić information content (AvgIpc) is 2.19. The van der Waals surface area contributed by atoms with Crippen molar-refractivity contribution in [1.82, 2.24) is 0 Å². The molecular formula is C10H13FOS. The lowest BCUT2D eigenvalue weighted by Crippen LogP contribution is -1.87. The molecule has 0 aliphatic heterocycles. The van der Waals surface area contributed by atoms with E-state index in [1.807, 2.05) is 30.3 Å². The SMILES string of the molecule is FCCCCOSc1ccccc1. The Morgan fingerprint density at radius 1 is 1.15 bits per heavy atom. The summed E-state index contributed by atoms with van der Waals surface area (Å²) in [4.78, 5) is 1.09. The fourth-order valence-electron chi connectivity index (χ4n) is 0.841. The summed E-state index contributed by atoms with van der Waals surface area (Å²) in [5.41, 5.74) is 0. The van der Waals surface area contributed by atoms with E-state index < -0.39 is 0 Å². The number of rotatable bonds is 6. The molecule has 1 aromatic carbocycles. The zero-order valence-electron chi connectivity index (χ0n) is 7.41. The monoisotopic (exact) mass is 200 g/mol. The highest BCUT2D eigenvalue weighted by Gasteiger charge is 1.92. The van der Waals surface area contributed by atoms with E-state index in [1.54, 1.807) is 0 Å². The fraction of sp³-hybridized carbons (Fsp3) is 0.400. The molecule has 0 aliphatic rings. The van der Waals surface area contributed by atoms with E-state index >= 15 is 0 Å². The van der Waals surface area contributed by atoms with Gasteiger partial charge in [0.05, 0.1) is 13.3 Å². The van der Waals surface area contributed by atoms with Crippen molar-refractivity contribution >= 4 is 12.0 Å². The Bertz CT molecular complexity index is 215. The maximum absolute atomic E-state index is 11.7. The van der Waals surface area contributed by atoms with Gasteiger partial charge in [0.15, 0.2) is 0 Å². The van der Waals surface area contributed by atoms with Crippen LogP contribution in [0.15, 0.2) is 35.2 Å². The van der Waals surface area contributed by atoms with Crippen molar-refractivity contribution in [2.75, 3.05) is 13.3 Å². The van der Waals surface area contributed by atoms with Crippen molar-refractivity contribution in [3.63, 3.8) is 0 Å². The highest BCUT2D eigenvalue weighted by Crippen LogP contribution is 2.18. The third kappa shape index (κ3) is 4.90. The summed E-state index contributed by atoms with van der Waals surface area (Å²) in [7, 11) is 0. The van der Waals surface area contributed by atoms with Crippen LogP contribution >= 0.6 is 12.0 Å². The van der Waals surface area contributed by atoms with Gasteiger partial charge in [-0.05, 0) is 25.0 Å². The molecule has 3 heteroatoms. The summed E-state index contributed by atoms with van der Waals surface area (Å²) in [6.07, 6.45) is 1.38. The molecule has 72 valence electrons. The Morgan fingerprint density at radius 2 is 1.92 bits per heavy atom. The maximum atomic E-state index is 11.7. The van der Waals surface area contributed by atoms with Crippen LogP contribution in [0.2, 0.25) is 0 Å². The summed E-state index contributed by atoms with van der Waals surface area (Å²) in [5.74, 6) is 0. The molecule has 0 heterocycles. The van der Waals surface area contributed by atoms with Crippen molar-refractivity contribution < 1.29 is 8.57 Å². The van der Waals surface area contributed by atoms with E-state index in [9.17, 15) is 4.39 Å². The van der Waals surface area contributed by atoms with E-state index in [-0.39, 0.29) is 6.67 Å². The van der Waals surface area contributed by atoms with Crippen molar-refractivity contribution in [1.29, 1.82) is 0 Å². The highest BCUT2D eigenvalue weighted by molar-refractivity contribution is 7.94. The first-order chi connectivity index (χ1) is 6.43.